The Morgan fingerprint density at radius 1 is 1.21 bits per heavy atom. The minimum Gasteiger partial charge on any atom is -0.366 e. The molecule has 0 spiro atoms. The first-order valence-electron chi connectivity index (χ1n) is 5.61. The van der Waals surface area contributed by atoms with E-state index in [1.165, 1.54) is 4.90 Å². The van der Waals surface area contributed by atoms with Crippen LogP contribution in [0.1, 0.15) is 11.1 Å². The third kappa shape index (κ3) is 2.86. The van der Waals surface area contributed by atoms with Gasteiger partial charge in [0, 0.05) is 26.0 Å². The van der Waals surface area contributed by atoms with Crippen LogP contribution in [0.5, 0.6) is 0 Å². The first kappa shape index (κ1) is 13.0. The number of aromatic nitrogens is 1. The summed E-state index contributed by atoms with van der Waals surface area (Å²) >= 11 is 0. The van der Waals surface area contributed by atoms with E-state index in [1.807, 2.05) is 0 Å². The van der Waals surface area contributed by atoms with Crippen molar-refractivity contribution in [2.75, 3.05) is 11.9 Å². The molecule has 0 atom stereocenters. The van der Waals surface area contributed by atoms with E-state index in [2.05, 4.69) is 4.98 Å². The van der Waals surface area contributed by atoms with E-state index in [0.717, 1.165) is 17.7 Å². The van der Waals surface area contributed by atoms with Crippen molar-refractivity contribution in [3.63, 3.8) is 0 Å². The van der Waals surface area contributed by atoms with E-state index < -0.39 is 11.6 Å². The molecule has 0 radical (unpaired) electrons. The number of anilines is 1. The molecule has 0 N–H and O–H groups in total. The summed E-state index contributed by atoms with van der Waals surface area (Å²) in [6.45, 7) is 0.349. The maximum Gasteiger partial charge on any atom is 0.150 e. The molecule has 5 heteroatoms. The summed E-state index contributed by atoms with van der Waals surface area (Å²) < 4.78 is 27.6. The van der Waals surface area contributed by atoms with Gasteiger partial charge in [-0.1, -0.05) is 0 Å². The van der Waals surface area contributed by atoms with Gasteiger partial charge in [-0.15, -0.1) is 0 Å². The molecule has 1 aromatic heterocycles. The molecule has 0 saturated carbocycles. The van der Waals surface area contributed by atoms with E-state index in [1.54, 1.807) is 37.6 Å². The van der Waals surface area contributed by atoms with E-state index in [4.69, 9.17) is 5.26 Å². The molecule has 19 heavy (non-hydrogen) atoms. The molecule has 0 unspecified atom stereocenters. The highest BCUT2D eigenvalue weighted by Crippen LogP contribution is 2.25. The van der Waals surface area contributed by atoms with Gasteiger partial charge in [-0.25, -0.2) is 8.78 Å². The van der Waals surface area contributed by atoms with Gasteiger partial charge in [0.15, 0.2) is 11.6 Å². The molecule has 1 heterocycles. The van der Waals surface area contributed by atoms with Gasteiger partial charge < -0.3 is 4.90 Å². The van der Waals surface area contributed by atoms with Crippen LogP contribution in [0.15, 0.2) is 36.7 Å². The van der Waals surface area contributed by atoms with Crippen molar-refractivity contribution in [2.24, 2.45) is 0 Å². The van der Waals surface area contributed by atoms with Crippen molar-refractivity contribution in [2.45, 2.75) is 6.54 Å². The predicted molar refractivity (Wildman–Crippen MR) is 67.4 cm³/mol. The normalized spacial score (nSPS) is 10.0. The molecular weight excluding hydrogens is 248 g/mol. The lowest BCUT2D eigenvalue weighted by molar-refractivity contribution is 0.576. The average Bonchev–Trinajstić information content (AvgIpc) is 2.38. The third-order valence-electron chi connectivity index (χ3n) is 2.70. The standard InChI is InChI=1S/C14H11F2N3/c1-19(9-10-2-4-18-5-3-10)14-12(15)6-11(8-17)7-13(14)16/h2-7H,9H2,1H3. The molecule has 0 saturated heterocycles. The average molecular weight is 259 g/mol. The molecule has 0 bridgehead atoms. The third-order valence-corrected chi connectivity index (χ3v) is 2.70. The van der Waals surface area contributed by atoms with Crippen LogP contribution in [0.25, 0.3) is 0 Å². The molecule has 0 aliphatic carbocycles. The Morgan fingerprint density at radius 2 is 1.79 bits per heavy atom. The molecule has 0 aliphatic rings. The number of nitriles is 1. The molecule has 2 aromatic rings. The maximum atomic E-state index is 13.8. The molecule has 1 aromatic carbocycles. The van der Waals surface area contributed by atoms with Crippen molar-refractivity contribution < 1.29 is 8.78 Å². The Balaban J connectivity index is 2.30. The highest BCUT2D eigenvalue weighted by atomic mass is 19.1. The number of rotatable bonds is 3. The van der Waals surface area contributed by atoms with Crippen LogP contribution < -0.4 is 4.90 Å². The smallest absolute Gasteiger partial charge is 0.150 e. The van der Waals surface area contributed by atoms with Crippen molar-refractivity contribution >= 4 is 5.69 Å². The minimum absolute atomic E-state index is 0.0314. The number of pyridine rings is 1. The number of benzene rings is 1. The highest BCUT2D eigenvalue weighted by molar-refractivity contribution is 5.52. The topological polar surface area (TPSA) is 39.9 Å². The van der Waals surface area contributed by atoms with Crippen LogP contribution in [0.3, 0.4) is 0 Å². The van der Waals surface area contributed by atoms with Crippen LogP contribution >= 0.6 is 0 Å². The Bertz CT molecular complexity index is 597. The fourth-order valence-electron chi connectivity index (χ4n) is 1.84. The number of nitrogens with zero attached hydrogens (tertiary/aromatic N) is 3. The van der Waals surface area contributed by atoms with Gasteiger partial charge in [0.25, 0.3) is 0 Å². The Kier molecular flexibility index (Phi) is 3.71. The number of hydrogen-bond acceptors (Lipinski definition) is 3. The maximum absolute atomic E-state index is 13.8. The van der Waals surface area contributed by atoms with Gasteiger partial charge in [-0.05, 0) is 29.8 Å². The zero-order valence-electron chi connectivity index (χ0n) is 10.3. The number of hydrogen-bond donors (Lipinski definition) is 0. The van der Waals surface area contributed by atoms with Crippen LogP contribution in [-0.4, -0.2) is 12.0 Å². The summed E-state index contributed by atoms with van der Waals surface area (Å²) in [5, 5.41) is 8.65. The second kappa shape index (κ2) is 5.44. The van der Waals surface area contributed by atoms with Crippen LogP contribution in [-0.2, 0) is 6.54 Å². The lowest BCUT2D eigenvalue weighted by atomic mass is 10.1. The van der Waals surface area contributed by atoms with Crippen molar-refractivity contribution in [1.29, 1.82) is 5.26 Å². The van der Waals surface area contributed by atoms with Crippen LogP contribution in [0, 0.1) is 23.0 Å². The van der Waals surface area contributed by atoms with E-state index in [9.17, 15) is 8.78 Å². The second-order valence-corrected chi connectivity index (χ2v) is 4.11. The lowest BCUT2D eigenvalue weighted by Gasteiger charge is -2.20. The monoisotopic (exact) mass is 259 g/mol. The van der Waals surface area contributed by atoms with Crippen LogP contribution in [0.2, 0.25) is 0 Å². The summed E-state index contributed by atoms with van der Waals surface area (Å²) in [4.78, 5) is 5.34. The molecule has 0 amide bonds. The number of halogens is 2. The SMILES string of the molecule is CN(Cc1ccncc1)c1c(F)cc(C#N)cc1F. The predicted octanol–water partition coefficient (Wildman–Crippen LogP) is 2.87. The summed E-state index contributed by atoms with van der Waals surface area (Å²) in [6, 6.07) is 7.32. The summed E-state index contributed by atoms with van der Waals surface area (Å²) in [7, 11) is 1.59. The Hall–Kier alpha value is -2.48. The van der Waals surface area contributed by atoms with Gasteiger partial charge in [-0.2, -0.15) is 5.26 Å². The molecule has 0 fully saturated rings. The van der Waals surface area contributed by atoms with Crippen molar-refractivity contribution in [1.82, 2.24) is 4.98 Å². The zero-order valence-corrected chi connectivity index (χ0v) is 10.3. The summed E-state index contributed by atoms with van der Waals surface area (Å²) in [5.41, 5.74) is 0.715. The van der Waals surface area contributed by atoms with E-state index in [0.29, 0.717) is 6.54 Å². The molecule has 0 aliphatic heterocycles. The quantitative estimate of drug-likeness (QED) is 0.850. The molecular formula is C14H11F2N3. The summed E-state index contributed by atoms with van der Waals surface area (Å²) in [5.74, 6) is -1.48. The van der Waals surface area contributed by atoms with Gasteiger partial charge in [0.1, 0.15) is 5.69 Å². The first-order chi connectivity index (χ1) is 9.11. The van der Waals surface area contributed by atoms with Gasteiger partial charge in [0.05, 0.1) is 11.6 Å². The molecule has 3 nitrogen and oxygen atoms in total. The lowest BCUT2D eigenvalue weighted by Crippen LogP contribution is -2.19. The van der Waals surface area contributed by atoms with Crippen LogP contribution in [0.4, 0.5) is 14.5 Å². The molecule has 96 valence electrons. The largest absolute Gasteiger partial charge is 0.366 e. The van der Waals surface area contributed by atoms with E-state index in [-0.39, 0.29) is 11.3 Å². The fraction of sp³-hybridized carbons (Fsp3) is 0.143. The Morgan fingerprint density at radius 3 is 2.32 bits per heavy atom. The van der Waals surface area contributed by atoms with E-state index >= 15 is 0 Å². The van der Waals surface area contributed by atoms with Gasteiger partial charge in [0.2, 0.25) is 0 Å². The minimum atomic E-state index is -0.742. The second-order valence-electron chi connectivity index (χ2n) is 4.11. The van der Waals surface area contributed by atoms with Gasteiger partial charge >= 0.3 is 0 Å². The van der Waals surface area contributed by atoms with Gasteiger partial charge in [-0.3, -0.25) is 4.98 Å². The summed E-state index contributed by atoms with van der Waals surface area (Å²) in [6.07, 6.45) is 3.24. The highest BCUT2D eigenvalue weighted by Gasteiger charge is 2.15. The first-order valence-corrected chi connectivity index (χ1v) is 5.61. The Labute approximate surface area is 109 Å². The van der Waals surface area contributed by atoms with Crippen molar-refractivity contribution in [3.05, 3.63) is 59.4 Å². The molecule has 2 rings (SSSR count). The zero-order chi connectivity index (χ0) is 13.8. The van der Waals surface area contributed by atoms with Crippen molar-refractivity contribution in [3.8, 4) is 6.07 Å². The fourth-order valence-corrected chi connectivity index (χ4v) is 1.84.